The first-order valence-electron chi connectivity index (χ1n) is 5.90. The predicted molar refractivity (Wildman–Crippen MR) is 64.6 cm³/mol. The van der Waals surface area contributed by atoms with Crippen molar-refractivity contribution in [3.8, 4) is 5.75 Å². The number of hydrogen-bond acceptors (Lipinski definition) is 6. The smallest absolute Gasteiger partial charge is 0.197 e. The number of phenols is 1. The number of ketones is 1. The highest BCUT2D eigenvalue weighted by Crippen LogP contribution is 2.31. The summed E-state index contributed by atoms with van der Waals surface area (Å²) in [5.74, 6) is -0.713. The van der Waals surface area contributed by atoms with E-state index in [9.17, 15) is 20.1 Å². The van der Waals surface area contributed by atoms with Gasteiger partial charge in [0.2, 0.25) is 0 Å². The quantitative estimate of drug-likeness (QED) is 0.572. The summed E-state index contributed by atoms with van der Waals surface area (Å²) in [5, 5.41) is 37.8. The summed E-state index contributed by atoms with van der Waals surface area (Å²) < 4.78 is 5.31. The van der Waals surface area contributed by atoms with Crippen LogP contribution in [0.15, 0.2) is 18.2 Å². The van der Waals surface area contributed by atoms with Crippen molar-refractivity contribution in [3.05, 3.63) is 29.3 Å². The molecule has 4 atom stereocenters. The lowest BCUT2D eigenvalue weighted by Gasteiger charge is -2.35. The molecule has 0 radical (unpaired) electrons. The molecule has 19 heavy (non-hydrogen) atoms. The number of aromatic hydroxyl groups is 1. The Morgan fingerprint density at radius 2 is 1.95 bits per heavy atom. The van der Waals surface area contributed by atoms with Crippen LogP contribution in [0.25, 0.3) is 0 Å². The number of aliphatic hydroxyl groups excluding tert-OH is 3. The van der Waals surface area contributed by atoms with Gasteiger partial charge in [-0.05, 0) is 30.2 Å². The SMILES string of the molecule is Cc1cc(O)cc(C2OC(CO)C(O)C(O)C2=O)c1. The molecule has 4 unspecified atom stereocenters. The molecule has 6 heteroatoms. The first kappa shape index (κ1) is 14.0. The normalized spacial score (nSPS) is 31.5. The maximum atomic E-state index is 11.9. The number of hydrogen-bond donors (Lipinski definition) is 4. The third-order valence-corrected chi connectivity index (χ3v) is 3.13. The fraction of sp³-hybridized carbons (Fsp3) is 0.462. The van der Waals surface area contributed by atoms with Gasteiger partial charge in [0.05, 0.1) is 6.61 Å². The number of carbonyl (C=O) groups excluding carboxylic acids is 1. The van der Waals surface area contributed by atoms with Crippen LogP contribution in [0.1, 0.15) is 17.2 Å². The highest BCUT2D eigenvalue weighted by atomic mass is 16.5. The third kappa shape index (κ3) is 2.62. The van der Waals surface area contributed by atoms with Gasteiger partial charge in [-0.2, -0.15) is 0 Å². The van der Waals surface area contributed by atoms with E-state index in [1.165, 1.54) is 12.1 Å². The van der Waals surface area contributed by atoms with Gasteiger partial charge < -0.3 is 25.2 Å². The van der Waals surface area contributed by atoms with Crippen molar-refractivity contribution in [1.82, 2.24) is 0 Å². The summed E-state index contributed by atoms with van der Waals surface area (Å²) in [7, 11) is 0. The van der Waals surface area contributed by atoms with Crippen LogP contribution >= 0.6 is 0 Å². The Hall–Kier alpha value is -1.47. The Labute approximate surface area is 109 Å². The second-order valence-corrected chi connectivity index (χ2v) is 4.68. The summed E-state index contributed by atoms with van der Waals surface area (Å²) in [6.45, 7) is 1.23. The zero-order valence-corrected chi connectivity index (χ0v) is 10.4. The van der Waals surface area contributed by atoms with E-state index in [-0.39, 0.29) is 5.75 Å². The van der Waals surface area contributed by atoms with Crippen LogP contribution in [0.5, 0.6) is 5.75 Å². The fourth-order valence-corrected chi connectivity index (χ4v) is 2.19. The molecule has 1 fully saturated rings. The number of benzene rings is 1. The molecule has 1 heterocycles. The van der Waals surface area contributed by atoms with Crippen LogP contribution in [0, 0.1) is 6.92 Å². The first-order chi connectivity index (χ1) is 8.93. The molecular weight excluding hydrogens is 252 g/mol. The van der Waals surface area contributed by atoms with Gasteiger partial charge in [0, 0.05) is 0 Å². The van der Waals surface area contributed by atoms with Crippen LogP contribution in [0.2, 0.25) is 0 Å². The molecule has 0 spiro atoms. The average Bonchev–Trinajstić information content (AvgIpc) is 2.35. The van der Waals surface area contributed by atoms with E-state index in [4.69, 9.17) is 9.84 Å². The summed E-state index contributed by atoms with van der Waals surface area (Å²) in [6, 6.07) is 4.52. The van der Waals surface area contributed by atoms with Crippen LogP contribution in [0.4, 0.5) is 0 Å². The molecule has 4 N–H and O–H groups in total. The lowest BCUT2D eigenvalue weighted by Crippen LogP contribution is -2.53. The summed E-state index contributed by atoms with van der Waals surface area (Å²) in [6.07, 6.45) is -5.22. The van der Waals surface area contributed by atoms with Crippen LogP contribution in [0.3, 0.4) is 0 Å². The molecule has 0 amide bonds. The second kappa shape index (κ2) is 5.26. The zero-order chi connectivity index (χ0) is 14.2. The lowest BCUT2D eigenvalue weighted by molar-refractivity contribution is -0.189. The van der Waals surface area contributed by atoms with Crippen LogP contribution in [-0.4, -0.2) is 51.1 Å². The van der Waals surface area contributed by atoms with Crippen molar-refractivity contribution in [2.45, 2.75) is 31.3 Å². The largest absolute Gasteiger partial charge is 0.508 e. The first-order valence-corrected chi connectivity index (χ1v) is 5.90. The van der Waals surface area contributed by atoms with E-state index in [1.54, 1.807) is 13.0 Å². The molecule has 6 nitrogen and oxygen atoms in total. The molecule has 104 valence electrons. The fourth-order valence-electron chi connectivity index (χ4n) is 2.19. The van der Waals surface area contributed by atoms with Gasteiger partial charge >= 0.3 is 0 Å². The third-order valence-electron chi connectivity index (χ3n) is 3.13. The van der Waals surface area contributed by atoms with Gasteiger partial charge in [-0.1, -0.05) is 6.07 Å². The van der Waals surface area contributed by atoms with Crippen molar-refractivity contribution >= 4 is 5.78 Å². The van der Waals surface area contributed by atoms with Crippen molar-refractivity contribution in [3.63, 3.8) is 0 Å². The van der Waals surface area contributed by atoms with Gasteiger partial charge in [0.15, 0.2) is 5.78 Å². The van der Waals surface area contributed by atoms with Gasteiger partial charge in [-0.3, -0.25) is 4.79 Å². The van der Waals surface area contributed by atoms with Gasteiger partial charge in [-0.15, -0.1) is 0 Å². The highest BCUT2D eigenvalue weighted by molar-refractivity contribution is 5.89. The Kier molecular flexibility index (Phi) is 3.86. The molecule has 0 aliphatic carbocycles. The van der Waals surface area contributed by atoms with Crippen LogP contribution in [-0.2, 0) is 9.53 Å². The molecule has 1 saturated heterocycles. The van der Waals surface area contributed by atoms with E-state index in [1.807, 2.05) is 0 Å². The second-order valence-electron chi connectivity index (χ2n) is 4.68. The number of carbonyl (C=O) groups is 1. The van der Waals surface area contributed by atoms with Crippen molar-refractivity contribution in [2.75, 3.05) is 6.61 Å². The number of phenolic OH excluding ortho intramolecular Hbond substituents is 1. The molecular formula is C13H16O6. The maximum Gasteiger partial charge on any atom is 0.197 e. The van der Waals surface area contributed by atoms with Gasteiger partial charge in [-0.25, -0.2) is 0 Å². The lowest BCUT2D eigenvalue weighted by atomic mass is 9.92. The number of Topliss-reactive ketones (excluding diaryl/α,β-unsaturated/α-hetero) is 1. The minimum Gasteiger partial charge on any atom is -0.508 e. The van der Waals surface area contributed by atoms with E-state index in [0.717, 1.165) is 5.56 Å². The van der Waals surface area contributed by atoms with E-state index < -0.39 is 36.8 Å². The number of ether oxygens (including phenoxy) is 1. The Morgan fingerprint density at radius 3 is 2.53 bits per heavy atom. The summed E-state index contributed by atoms with van der Waals surface area (Å²) in [5.41, 5.74) is 1.11. The Bertz CT molecular complexity index is 466. The molecule has 0 bridgehead atoms. The molecule has 0 aromatic heterocycles. The van der Waals surface area contributed by atoms with Gasteiger partial charge in [0.25, 0.3) is 0 Å². The van der Waals surface area contributed by atoms with Crippen molar-refractivity contribution in [1.29, 1.82) is 0 Å². The van der Waals surface area contributed by atoms with E-state index >= 15 is 0 Å². The Balaban J connectivity index is 2.35. The van der Waals surface area contributed by atoms with E-state index in [0.29, 0.717) is 5.56 Å². The maximum absolute atomic E-state index is 11.9. The van der Waals surface area contributed by atoms with Crippen molar-refractivity contribution in [2.24, 2.45) is 0 Å². The summed E-state index contributed by atoms with van der Waals surface area (Å²) in [4.78, 5) is 11.9. The standard InChI is InChI=1S/C13H16O6/c1-6-2-7(4-8(15)3-6)13-12(18)11(17)10(16)9(5-14)19-13/h2-4,9-11,13-17H,5H2,1H3. The average molecular weight is 268 g/mol. The molecule has 2 rings (SSSR count). The van der Waals surface area contributed by atoms with Crippen LogP contribution < -0.4 is 0 Å². The number of aryl methyl sites for hydroxylation is 1. The minimum atomic E-state index is -1.61. The van der Waals surface area contributed by atoms with E-state index in [2.05, 4.69) is 0 Å². The molecule has 1 aromatic rings. The Morgan fingerprint density at radius 1 is 1.26 bits per heavy atom. The molecule has 1 aliphatic heterocycles. The molecule has 0 saturated carbocycles. The van der Waals surface area contributed by atoms with Crippen molar-refractivity contribution < 1.29 is 30.0 Å². The van der Waals surface area contributed by atoms with Gasteiger partial charge in [0.1, 0.15) is 30.2 Å². The minimum absolute atomic E-state index is 0.0208. The number of aliphatic hydroxyl groups is 3. The zero-order valence-electron chi connectivity index (χ0n) is 10.4. The predicted octanol–water partition coefficient (Wildman–Crippen LogP) is -0.576. The highest BCUT2D eigenvalue weighted by Gasteiger charge is 2.43. The monoisotopic (exact) mass is 268 g/mol. The topological polar surface area (TPSA) is 107 Å². The summed E-state index contributed by atoms with van der Waals surface area (Å²) >= 11 is 0. The molecule has 1 aromatic carbocycles. The molecule has 1 aliphatic rings. The number of rotatable bonds is 2.